The van der Waals surface area contributed by atoms with Gasteiger partial charge in [0.25, 0.3) is 0 Å². The zero-order chi connectivity index (χ0) is 15.5. The summed E-state index contributed by atoms with van der Waals surface area (Å²) in [6, 6.07) is 9.99. The fourth-order valence-corrected chi connectivity index (χ4v) is 3.15. The van der Waals surface area contributed by atoms with Gasteiger partial charge in [0.05, 0.1) is 11.7 Å². The van der Waals surface area contributed by atoms with E-state index in [9.17, 15) is 4.79 Å². The number of hydrogen-bond donors (Lipinski definition) is 1. The molecule has 116 valence electrons. The fraction of sp³-hybridized carbons (Fsp3) is 0.412. The molecule has 0 aliphatic carbocycles. The molecular weight excluding hydrogens is 278 g/mol. The van der Waals surface area contributed by atoms with Gasteiger partial charge in [0.1, 0.15) is 5.76 Å². The molecule has 0 spiro atoms. The summed E-state index contributed by atoms with van der Waals surface area (Å²) in [7, 11) is 0. The number of carbonyl (C=O) groups excluding carboxylic acids is 1. The number of aromatic nitrogens is 1. The normalized spacial score (nSPS) is 17.7. The zero-order valence-corrected chi connectivity index (χ0v) is 13.0. The molecule has 1 aromatic carbocycles. The van der Waals surface area contributed by atoms with Crippen molar-refractivity contribution in [1.29, 1.82) is 0 Å². The van der Waals surface area contributed by atoms with E-state index < -0.39 is 0 Å². The predicted octanol–water partition coefficient (Wildman–Crippen LogP) is 3.34. The van der Waals surface area contributed by atoms with Gasteiger partial charge in [-0.05, 0) is 32.3 Å². The van der Waals surface area contributed by atoms with Crippen molar-refractivity contribution in [2.75, 3.05) is 6.54 Å². The van der Waals surface area contributed by atoms with E-state index in [0.29, 0.717) is 6.54 Å². The number of rotatable bonds is 3. The van der Waals surface area contributed by atoms with Crippen molar-refractivity contribution in [2.45, 2.75) is 39.3 Å². The van der Waals surface area contributed by atoms with Crippen molar-refractivity contribution >= 4 is 6.03 Å². The van der Waals surface area contributed by atoms with Gasteiger partial charge in [-0.1, -0.05) is 35.5 Å². The molecule has 3 rings (SSSR count). The summed E-state index contributed by atoms with van der Waals surface area (Å²) in [5, 5.41) is 7.02. The molecule has 1 unspecified atom stereocenters. The number of likely N-dealkylation sites (tertiary alicyclic amines) is 1. The quantitative estimate of drug-likeness (QED) is 0.945. The number of benzene rings is 1. The molecular formula is C17H21N3O2. The summed E-state index contributed by atoms with van der Waals surface area (Å²) in [5.41, 5.74) is 3.04. The third kappa shape index (κ3) is 2.84. The van der Waals surface area contributed by atoms with E-state index in [1.165, 1.54) is 0 Å². The van der Waals surface area contributed by atoms with Crippen molar-refractivity contribution in [3.8, 4) is 0 Å². The first-order valence-electron chi connectivity index (χ1n) is 7.68. The van der Waals surface area contributed by atoms with E-state index in [1.807, 2.05) is 49.1 Å². The van der Waals surface area contributed by atoms with Crippen LogP contribution in [0.15, 0.2) is 34.9 Å². The standard InChI is InChI=1S/C17H21N3O2/c1-12-16(13(2)22-19-12)15-9-6-10-20(15)17(21)18-11-14-7-4-3-5-8-14/h3-5,7-8,15H,6,9-11H2,1-2H3,(H,18,21). The molecule has 1 N–H and O–H groups in total. The molecule has 5 nitrogen and oxygen atoms in total. The minimum absolute atomic E-state index is 0.0219. The van der Waals surface area contributed by atoms with Crippen LogP contribution in [0.3, 0.4) is 0 Å². The van der Waals surface area contributed by atoms with E-state index in [-0.39, 0.29) is 12.1 Å². The van der Waals surface area contributed by atoms with Crippen LogP contribution in [0.5, 0.6) is 0 Å². The largest absolute Gasteiger partial charge is 0.361 e. The highest BCUT2D eigenvalue weighted by molar-refractivity contribution is 5.75. The molecule has 1 fully saturated rings. The highest BCUT2D eigenvalue weighted by Gasteiger charge is 2.33. The van der Waals surface area contributed by atoms with Gasteiger partial charge in [-0.25, -0.2) is 4.79 Å². The van der Waals surface area contributed by atoms with Gasteiger partial charge in [-0.2, -0.15) is 0 Å². The lowest BCUT2D eigenvalue weighted by molar-refractivity contribution is 0.192. The molecule has 0 radical (unpaired) electrons. The third-order valence-corrected chi connectivity index (χ3v) is 4.22. The minimum atomic E-state index is -0.0219. The van der Waals surface area contributed by atoms with Gasteiger partial charge < -0.3 is 14.7 Å². The summed E-state index contributed by atoms with van der Waals surface area (Å²) in [6.07, 6.45) is 1.97. The predicted molar refractivity (Wildman–Crippen MR) is 83.3 cm³/mol. The highest BCUT2D eigenvalue weighted by atomic mass is 16.5. The number of aryl methyl sites for hydroxylation is 2. The van der Waals surface area contributed by atoms with Crippen molar-refractivity contribution in [3.63, 3.8) is 0 Å². The molecule has 1 aromatic heterocycles. The Morgan fingerprint density at radius 1 is 1.36 bits per heavy atom. The van der Waals surface area contributed by atoms with E-state index in [0.717, 1.165) is 42.0 Å². The summed E-state index contributed by atoms with van der Waals surface area (Å²) < 4.78 is 5.26. The Morgan fingerprint density at radius 3 is 2.82 bits per heavy atom. The number of carbonyl (C=O) groups is 1. The number of nitrogens with one attached hydrogen (secondary N) is 1. The number of amides is 2. The fourth-order valence-electron chi connectivity index (χ4n) is 3.15. The smallest absolute Gasteiger partial charge is 0.318 e. The average molecular weight is 299 g/mol. The second-order valence-corrected chi connectivity index (χ2v) is 5.73. The SMILES string of the molecule is Cc1noc(C)c1C1CCCN1C(=O)NCc1ccccc1. The van der Waals surface area contributed by atoms with Gasteiger partial charge >= 0.3 is 6.03 Å². The lowest BCUT2D eigenvalue weighted by Crippen LogP contribution is -2.39. The number of urea groups is 1. The first-order valence-corrected chi connectivity index (χ1v) is 7.68. The van der Waals surface area contributed by atoms with Crippen LogP contribution in [0.25, 0.3) is 0 Å². The van der Waals surface area contributed by atoms with E-state index in [1.54, 1.807) is 0 Å². The Hall–Kier alpha value is -2.30. The van der Waals surface area contributed by atoms with Gasteiger partial charge in [0, 0.05) is 18.7 Å². The Morgan fingerprint density at radius 2 is 2.14 bits per heavy atom. The van der Waals surface area contributed by atoms with Crippen LogP contribution in [0.1, 0.15) is 41.5 Å². The Kier molecular flexibility index (Phi) is 4.13. The zero-order valence-electron chi connectivity index (χ0n) is 13.0. The molecule has 0 saturated carbocycles. The molecule has 1 saturated heterocycles. The van der Waals surface area contributed by atoms with Gasteiger partial charge in [0.2, 0.25) is 0 Å². The maximum Gasteiger partial charge on any atom is 0.318 e. The first kappa shape index (κ1) is 14.6. The van der Waals surface area contributed by atoms with Crippen LogP contribution < -0.4 is 5.32 Å². The number of hydrogen-bond acceptors (Lipinski definition) is 3. The van der Waals surface area contributed by atoms with Crippen molar-refractivity contribution in [2.24, 2.45) is 0 Å². The molecule has 1 aliphatic rings. The molecule has 1 aliphatic heterocycles. The van der Waals surface area contributed by atoms with Crippen LogP contribution in [-0.2, 0) is 6.54 Å². The second-order valence-electron chi connectivity index (χ2n) is 5.73. The molecule has 1 atom stereocenters. The molecule has 2 aromatic rings. The second kappa shape index (κ2) is 6.22. The highest BCUT2D eigenvalue weighted by Crippen LogP contribution is 2.35. The van der Waals surface area contributed by atoms with Crippen LogP contribution in [-0.4, -0.2) is 22.6 Å². The Bertz CT molecular complexity index is 632. The van der Waals surface area contributed by atoms with Crippen LogP contribution in [0.4, 0.5) is 4.79 Å². The summed E-state index contributed by atoms with van der Waals surface area (Å²) in [5.74, 6) is 0.810. The van der Waals surface area contributed by atoms with E-state index >= 15 is 0 Å². The van der Waals surface area contributed by atoms with Crippen molar-refractivity contribution in [1.82, 2.24) is 15.4 Å². The lowest BCUT2D eigenvalue weighted by atomic mass is 10.0. The minimum Gasteiger partial charge on any atom is -0.361 e. The molecule has 0 bridgehead atoms. The van der Waals surface area contributed by atoms with E-state index in [2.05, 4.69) is 10.5 Å². The third-order valence-electron chi connectivity index (χ3n) is 4.22. The summed E-state index contributed by atoms with van der Waals surface area (Å²) in [6.45, 7) is 5.16. The van der Waals surface area contributed by atoms with Crippen LogP contribution in [0, 0.1) is 13.8 Å². The van der Waals surface area contributed by atoms with Gasteiger partial charge in [0.15, 0.2) is 0 Å². The van der Waals surface area contributed by atoms with Gasteiger partial charge in [-0.3, -0.25) is 0 Å². The average Bonchev–Trinajstić information content (AvgIpc) is 3.12. The Labute approximate surface area is 130 Å². The Balaban J connectivity index is 1.69. The molecule has 5 heteroatoms. The maximum absolute atomic E-state index is 12.5. The van der Waals surface area contributed by atoms with E-state index in [4.69, 9.17) is 4.52 Å². The first-order chi connectivity index (χ1) is 10.7. The molecule has 2 heterocycles. The van der Waals surface area contributed by atoms with Gasteiger partial charge in [-0.15, -0.1) is 0 Å². The topological polar surface area (TPSA) is 58.4 Å². The molecule has 2 amide bonds. The maximum atomic E-state index is 12.5. The van der Waals surface area contributed by atoms with Crippen LogP contribution in [0.2, 0.25) is 0 Å². The summed E-state index contributed by atoms with van der Waals surface area (Å²) >= 11 is 0. The van der Waals surface area contributed by atoms with Crippen molar-refractivity contribution < 1.29 is 9.32 Å². The monoisotopic (exact) mass is 299 g/mol. The van der Waals surface area contributed by atoms with Crippen LogP contribution >= 0.6 is 0 Å². The lowest BCUT2D eigenvalue weighted by Gasteiger charge is -2.25. The number of nitrogens with zero attached hydrogens (tertiary/aromatic N) is 2. The summed E-state index contributed by atoms with van der Waals surface area (Å²) in [4.78, 5) is 14.4. The van der Waals surface area contributed by atoms with Crippen molar-refractivity contribution in [3.05, 3.63) is 52.9 Å². The molecule has 22 heavy (non-hydrogen) atoms.